The molecule has 0 aliphatic heterocycles. The van der Waals surface area contributed by atoms with Crippen molar-refractivity contribution in [3.8, 4) is 6.07 Å². The molecule has 0 bridgehead atoms. The highest BCUT2D eigenvalue weighted by molar-refractivity contribution is 5.71. The van der Waals surface area contributed by atoms with Gasteiger partial charge in [0.25, 0.3) is 0 Å². The molecule has 0 aliphatic rings. The lowest BCUT2D eigenvalue weighted by Crippen LogP contribution is -2.32. The summed E-state index contributed by atoms with van der Waals surface area (Å²) in [6.45, 7) is 4.62. The van der Waals surface area contributed by atoms with Crippen LogP contribution in [0.25, 0.3) is 0 Å². The molecule has 1 atom stereocenters. The number of hydrogen-bond acceptors (Lipinski definition) is 3. The number of rotatable bonds is 6. The number of nitriles is 1. The molecule has 0 aromatic heterocycles. The Hall–Kier alpha value is -2.80. The van der Waals surface area contributed by atoms with E-state index in [0.717, 1.165) is 11.3 Å². The van der Waals surface area contributed by atoms with E-state index in [2.05, 4.69) is 6.07 Å². The number of benzene rings is 2. The van der Waals surface area contributed by atoms with Gasteiger partial charge in [0.05, 0.1) is 17.2 Å². The Labute approximate surface area is 136 Å². The van der Waals surface area contributed by atoms with Crippen molar-refractivity contribution < 1.29 is 9.90 Å². The van der Waals surface area contributed by atoms with E-state index in [4.69, 9.17) is 0 Å². The standard InChI is InChI=1S/C19H20N2O2/c1-14-7-9-16(10-8-14)13-21(12-15(2)19(22)23)18-6-4-3-5-17(18)11-20/h3-10,15H,12-13H2,1-2H3,(H,22,23). The molecule has 1 unspecified atom stereocenters. The molecule has 4 heteroatoms. The van der Waals surface area contributed by atoms with E-state index < -0.39 is 11.9 Å². The first-order valence-electron chi connectivity index (χ1n) is 7.53. The van der Waals surface area contributed by atoms with Crippen LogP contribution in [0.3, 0.4) is 0 Å². The molecule has 2 aromatic carbocycles. The zero-order valence-electron chi connectivity index (χ0n) is 13.4. The van der Waals surface area contributed by atoms with E-state index in [1.165, 1.54) is 5.56 Å². The first kappa shape index (κ1) is 16.6. The zero-order chi connectivity index (χ0) is 16.8. The van der Waals surface area contributed by atoms with E-state index in [9.17, 15) is 15.2 Å². The predicted molar refractivity (Wildman–Crippen MR) is 90.2 cm³/mol. The van der Waals surface area contributed by atoms with Crippen molar-refractivity contribution in [2.75, 3.05) is 11.4 Å². The molecular weight excluding hydrogens is 288 g/mol. The van der Waals surface area contributed by atoms with E-state index in [1.54, 1.807) is 13.0 Å². The van der Waals surface area contributed by atoms with Gasteiger partial charge in [0, 0.05) is 13.1 Å². The summed E-state index contributed by atoms with van der Waals surface area (Å²) in [5.41, 5.74) is 3.58. The maximum atomic E-state index is 11.2. The summed E-state index contributed by atoms with van der Waals surface area (Å²) in [6, 6.07) is 17.6. The maximum Gasteiger partial charge on any atom is 0.308 e. The number of para-hydroxylation sites is 1. The largest absolute Gasteiger partial charge is 0.481 e. The summed E-state index contributed by atoms with van der Waals surface area (Å²) in [5, 5.41) is 18.5. The van der Waals surface area contributed by atoms with Crippen molar-refractivity contribution in [3.63, 3.8) is 0 Å². The van der Waals surface area contributed by atoms with E-state index >= 15 is 0 Å². The van der Waals surface area contributed by atoms with Crippen LogP contribution >= 0.6 is 0 Å². The second kappa shape index (κ2) is 7.46. The lowest BCUT2D eigenvalue weighted by atomic mass is 10.1. The van der Waals surface area contributed by atoms with Gasteiger partial charge >= 0.3 is 5.97 Å². The molecule has 0 amide bonds. The number of aryl methyl sites for hydroxylation is 1. The average molecular weight is 308 g/mol. The van der Waals surface area contributed by atoms with Crippen LogP contribution < -0.4 is 4.90 Å². The first-order chi connectivity index (χ1) is 11.0. The van der Waals surface area contributed by atoms with Gasteiger partial charge in [-0.2, -0.15) is 5.26 Å². The Bertz CT molecular complexity index is 717. The van der Waals surface area contributed by atoms with E-state index in [-0.39, 0.29) is 0 Å². The molecule has 2 rings (SSSR count). The molecule has 0 radical (unpaired) electrons. The number of carboxylic acids is 1. The number of aliphatic carboxylic acids is 1. The molecule has 0 spiro atoms. The number of anilines is 1. The third kappa shape index (κ3) is 4.33. The fourth-order valence-electron chi connectivity index (χ4n) is 2.41. The zero-order valence-corrected chi connectivity index (χ0v) is 13.4. The van der Waals surface area contributed by atoms with E-state index in [0.29, 0.717) is 18.7 Å². The van der Waals surface area contributed by atoms with Crippen molar-refractivity contribution in [1.29, 1.82) is 5.26 Å². The van der Waals surface area contributed by atoms with Gasteiger partial charge in [-0.1, -0.05) is 48.9 Å². The number of nitrogens with zero attached hydrogens (tertiary/aromatic N) is 2. The molecule has 4 nitrogen and oxygen atoms in total. The molecular formula is C19H20N2O2. The predicted octanol–water partition coefficient (Wildman–Crippen LogP) is 3.59. The van der Waals surface area contributed by atoms with E-state index in [1.807, 2.05) is 54.3 Å². The minimum Gasteiger partial charge on any atom is -0.481 e. The normalized spacial score (nSPS) is 11.5. The van der Waals surface area contributed by atoms with Crippen LogP contribution in [0.15, 0.2) is 48.5 Å². The second-order valence-corrected chi connectivity index (χ2v) is 5.73. The molecule has 2 aromatic rings. The lowest BCUT2D eigenvalue weighted by molar-refractivity contribution is -0.140. The summed E-state index contributed by atoms with van der Waals surface area (Å²) in [7, 11) is 0. The third-order valence-corrected chi connectivity index (χ3v) is 3.78. The van der Waals surface area contributed by atoms with Gasteiger partial charge in [0.2, 0.25) is 0 Å². The highest BCUT2D eigenvalue weighted by Gasteiger charge is 2.19. The Kier molecular flexibility index (Phi) is 5.37. The Balaban J connectivity index is 2.33. The van der Waals surface area contributed by atoms with Gasteiger partial charge in [0.1, 0.15) is 6.07 Å². The van der Waals surface area contributed by atoms with Crippen LogP contribution in [-0.2, 0) is 11.3 Å². The quantitative estimate of drug-likeness (QED) is 0.885. The SMILES string of the molecule is Cc1ccc(CN(CC(C)C(=O)O)c2ccccc2C#N)cc1. The Morgan fingerprint density at radius 3 is 2.48 bits per heavy atom. The molecule has 0 saturated heterocycles. The molecule has 0 saturated carbocycles. The molecule has 118 valence electrons. The van der Waals surface area contributed by atoms with Crippen molar-refractivity contribution in [2.24, 2.45) is 5.92 Å². The number of hydrogen-bond donors (Lipinski definition) is 1. The minimum atomic E-state index is -0.839. The second-order valence-electron chi connectivity index (χ2n) is 5.73. The molecule has 23 heavy (non-hydrogen) atoms. The molecule has 0 aliphatic carbocycles. The smallest absolute Gasteiger partial charge is 0.308 e. The first-order valence-corrected chi connectivity index (χ1v) is 7.53. The minimum absolute atomic E-state index is 0.349. The topological polar surface area (TPSA) is 64.3 Å². The van der Waals surface area contributed by atoms with Crippen molar-refractivity contribution in [1.82, 2.24) is 0 Å². The van der Waals surface area contributed by atoms with Crippen LogP contribution in [0.5, 0.6) is 0 Å². The Morgan fingerprint density at radius 1 is 1.22 bits per heavy atom. The summed E-state index contributed by atoms with van der Waals surface area (Å²) in [6.07, 6.45) is 0. The summed E-state index contributed by atoms with van der Waals surface area (Å²) < 4.78 is 0. The fourth-order valence-corrected chi connectivity index (χ4v) is 2.41. The number of carboxylic acid groups (broad SMARTS) is 1. The maximum absolute atomic E-state index is 11.2. The molecule has 0 fully saturated rings. The Morgan fingerprint density at radius 2 is 1.87 bits per heavy atom. The van der Waals surface area contributed by atoms with Crippen molar-refractivity contribution in [3.05, 3.63) is 65.2 Å². The monoisotopic (exact) mass is 308 g/mol. The average Bonchev–Trinajstić information content (AvgIpc) is 2.56. The van der Waals surface area contributed by atoms with Crippen LogP contribution in [0.1, 0.15) is 23.6 Å². The summed E-state index contributed by atoms with van der Waals surface area (Å²) in [5.74, 6) is -1.36. The van der Waals surface area contributed by atoms with Gasteiger partial charge in [-0.3, -0.25) is 4.79 Å². The molecule has 1 N–H and O–H groups in total. The summed E-state index contributed by atoms with van der Waals surface area (Å²) >= 11 is 0. The van der Waals surface area contributed by atoms with Gasteiger partial charge in [-0.05, 0) is 24.6 Å². The van der Waals surface area contributed by atoms with Gasteiger partial charge in [-0.15, -0.1) is 0 Å². The van der Waals surface area contributed by atoms with Crippen LogP contribution in [0, 0.1) is 24.2 Å². The highest BCUT2D eigenvalue weighted by atomic mass is 16.4. The lowest BCUT2D eigenvalue weighted by Gasteiger charge is -2.27. The van der Waals surface area contributed by atoms with Crippen molar-refractivity contribution in [2.45, 2.75) is 20.4 Å². The summed E-state index contributed by atoms with van der Waals surface area (Å²) in [4.78, 5) is 13.2. The highest BCUT2D eigenvalue weighted by Crippen LogP contribution is 2.23. The van der Waals surface area contributed by atoms with Crippen molar-refractivity contribution >= 4 is 11.7 Å². The van der Waals surface area contributed by atoms with Crippen LogP contribution in [-0.4, -0.2) is 17.6 Å². The van der Waals surface area contributed by atoms with Crippen LogP contribution in [0.4, 0.5) is 5.69 Å². The number of carbonyl (C=O) groups is 1. The van der Waals surface area contributed by atoms with Gasteiger partial charge in [-0.25, -0.2) is 0 Å². The molecule has 0 heterocycles. The van der Waals surface area contributed by atoms with Crippen LogP contribution in [0.2, 0.25) is 0 Å². The van der Waals surface area contributed by atoms with Gasteiger partial charge in [0.15, 0.2) is 0 Å². The fraction of sp³-hybridized carbons (Fsp3) is 0.263. The van der Waals surface area contributed by atoms with Gasteiger partial charge < -0.3 is 10.0 Å². The third-order valence-electron chi connectivity index (χ3n) is 3.78.